The highest BCUT2D eigenvalue weighted by atomic mass is 19.4. The topological polar surface area (TPSA) is 29.5 Å². The van der Waals surface area contributed by atoms with Crippen LogP contribution in [-0.2, 0) is 17.6 Å². The largest absolute Gasteiger partial charge is 0.487 e. The molecule has 0 spiro atoms. The van der Waals surface area contributed by atoms with E-state index in [1.54, 1.807) is 24.3 Å². The van der Waals surface area contributed by atoms with Crippen LogP contribution < -0.4 is 9.64 Å². The first-order valence-electron chi connectivity index (χ1n) is 6.17. The second kappa shape index (κ2) is 4.80. The van der Waals surface area contributed by atoms with Crippen LogP contribution in [0.4, 0.5) is 24.5 Å². The summed E-state index contributed by atoms with van der Waals surface area (Å²) in [7, 11) is 0. The van der Waals surface area contributed by atoms with Crippen LogP contribution in [0.1, 0.15) is 11.1 Å². The molecule has 0 saturated heterocycles. The van der Waals surface area contributed by atoms with E-state index in [1.807, 2.05) is 0 Å². The zero-order valence-electron chi connectivity index (χ0n) is 10.7. The van der Waals surface area contributed by atoms with E-state index in [2.05, 4.69) is 0 Å². The molecule has 0 radical (unpaired) electrons. The number of carbonyl (C=O) groups is 1. The summed E-state index contributed by atoms with van der Waals surface area (Å²) in [6.45, 7) is 0.193. The van der Waals surface area contributed by atoms with Gasteiger partial charge in [-0.15, -0.1) is 0 Å². The summed E-state index contributed by atoms with van der Waals surface area (Å²) < 4.78 is 44.0. The second-order valence-electron chi connectivity index (χ2n) is 4.57. The Hall–Kier alpha value is -2.50. The van der Waals surface area contributed by atoms with Gasteiger partial charge in [-0.25, -0.2) is 0 Å². The van der Waals surface area contributed by atoms with Crippen LogP contribution >= 0.6 is 0 Å². The van der Waals surface area contributed by atoms with E-state index >= 15 is 0 Å². The summed E-state index contributed by atoms with van der Waals surface area (Å²) in [5.74, 6) is 0.242. The summed E-state index contributed by atoms with van der Waals surface area (Å²) >= 11 is 0. The predicted octanol–water partition coefficient (Wildman–Crippen LogP) is 3.89. The molecule has 1 heterocycles. The minimum Gasteiger partial charge on any atom is -0.487 e. The molecule has 0 unspecified atom stereocenters. The van der Waals surface area contributed by atoms with Crippen LogP contribution in [0.5, 0.6) is 5.75 Å². The van der Waals surface area contributed by atoms with Gasteiger partial charge < -0.3 is 4.74 Å². The molecule has 0 aromatic heterocycles. The maximum absolute atomic E-state index is 12.8. The van der Waals surface area contributed by atoms with Crippen LogP contribution in [0.2, 0.25) is 0 Å². The van der Waals surface area contributed by atoms with E-state index in [9.17, 15) is 18.0 Å². The molecule has 3 rings (SSSR count). The molecule has 2 aromatic carbocycles. The molecular weight excluding hydrogens is 283 g/mol. The Morgan fingerprint density at radius 1 is 1.10 bits per heavy atom. The van der Waals surface area contributed by atoms with Crippen LogP contribution in [0.25, 0.3) is 0 Å². The molecule has 0 bridgehead atoms. The number of hydrogen-bond acceptors (Lipinski definition) is 2. The van der Waals surface area contributed by atoms with Crippen LogP contribution in [0.3, 0.4) is 0 Å². The Kier molecular flexibility index (Phi) is 3.08. The van der Waals surface area contributed by atoms with Crippen molar-refractivity contribution < 1.29 is 22.7 Å². The van der Waals surface area contributed by atoms with E-state index in [1.165, 1.54) is 11.0 Å². The molecule has 0 N–H and O–H groups in total. The zero-order valence-corrected chi connectivity index (χ0v) is 10.7. The highest BCUT2D eigenvalue weighted by Gasteiger charge is 2.32. The van der Waals surface area contributed by atoms with E-state index in [-0.39, 0.29) is 18.0 Å². The van der Waals surface area contributed by atoms with Gasteiger partial charge in [0, 0.05) is 5.56 Å². The fourth-order valence-electron chi connectivity index (χ4n) is 2.27. The molecule has 21 heavy (non-hydrogen) atoms. The van der Waals surface area contributed by atoms with E-state index in [0.29, 0.717) is 12.1 Å². The van der Waals surface area contributed by atoms with Crippen molar-refractivity contribution in [2.45, 2.75) is 12.8 Å². The fourth-order valence-corrected chi connectivity index (χ4v) is 2.27. The van der Waals surface area contributed by atoms with Gasteiger partial charge in [-0.1, -0.05) is 18.2 Å². The zero-order chi connectivity index (χ0) is 15.0. The molecule has 1 amide bonds. The van der Waals surface area contributed by atoms with Crippen molar-refractivity contribution >= 4 is 17.8 Å². The van der Waals surface area contributed by atoms with Crippen molar-refractivity contribution in [1.29, 1.82) is 0 Å². The third-order valence-corrected chi connectivity index (χ3v) is 3.29. The van der Waals surface area contributed by atoms with Crippen LogP contribution in [0, 0.1) is 0 Å². The molecular formula is C15H10F3NO2. The number of hydrogen-bond donors (Lipinski definition) is 0. The quantitative estimate of drug-likeness (QED) is 0.746. The second-order valence-corrected chi connectivity index (χ2v) is 4.57. The number of rotatable bonds is 1. The average Bonchev–Trinajstić information content (AvgIpc) is 2.62. The Morgan fingerprint density at radius 2 is 1.86 bits per heavy atom. The smallest absolute Gasteiger partial charge is 0.416 e. The molecule has 2 aromatic rings. The molecule has 108 valence electrons. The summed E-state index contributed by atoms with van der Waals surface area (Å²) in [6, 6.07) is 10.0. The first kappa shape index (κ1) is 13.5. The van der Waals surface area contributed by atoms with Crippen molar-refractivity contribution in [3.05, 3.63) is 53.6 Å². The number of fused-ring (bicyclic) bond motifs is 2. The van der Waals surface area contributed by atoms with Crippen molar-refractivity contribution in [2.24, 2.45) is 0 Å². The van der Waals surface area contributed by atoms with E-state index in [4.69, 9.17) is 4.74 Å². The Balaban J connectivity index is 2.19. The number of para-hydroxylation sites is 1. The predicted molar refractivity (Wildman–Crippen MR) is 70.4 cm³/mol. The Labute approximate surface area is 118 Å². The molecule has 0 aliphatic carbocycles. The van der Waals surface area contributed by atoms with Crippen LogP contribution in [-0.4, -0.2) is 6.41 Å². The maximum Gasteiger partial charge on any atom is 0.416 e. The van der Waals surface area contributed by atoms with Gasteiger partial charge in [-0.3, -0.25) is 9.69 Å². The lowest BCUT2D eigenvalue weighted by Crippen LogP contribution is -2.16. The van der Waals surface area contributed by atoms with Crippen molar-refractivity contribution in [1.82, 2.24) is 0 Å². The number of carbonyl (C=O) groups excluding carboxylic acids is 1. The first-order valence-corrected chi connectivity index (χ1v) is 6.17. The lowest BCUT2D eigenvalue weighted by Gasteiger charge is -2.19. The number of anilines is 2. The molecule has 0 saturated carbocycles. The number of alkyl halides is 3. The molecule has 0 fully saturated rings. The number of amides is 1. The van der Waals surface area contributed by atoms with Gasteiger partial charge in [-0.2, -0.15) is 13.2 Å². The van der Waals surface area contributed by atoms with Crippen molar-refractivity contribution in [3.8, 4) is 5.75 Å². The summed E-state index contributed by atoms with van der Waals surface area (Å²) in [6.07, 6.45) is -3.98. The van der Waals surface area contributed by atoms with Gasteiger partial charge in [0.1, 0.15) is 12.4 Å². The minimum absolute atomic E-state index is 0.0878. The SMILES string of the molecule is O=CN1c2ccccc2COc2ccc(C(F)(F)F)cc21. The van der Waals surface area contributed by atoms with E-state index < -0.39 is 11.7 Å². The van der Waals surface area contributed by atoms with Crippen molar-refractivity contribution in [3.63, 3.8) is 0 Å². The van der Waals surface area contributed by atoms with Gasteiger partial charge in [0.15, 0.2) is 0 Å². The first-order chi connectivity index (χ1) is 10.0. The van der Waals surface area contributed by atoms with Gasteiger partial charge in [0.2, 0.25) is 6.41 Å². The van der Waals surface area contributed by atoms with Gasteiger partial charge >= 0.3 is 6.18 Å². The van der Waals surface area contributed by atoms with Crippen LogP contribution in [0.15, 0.2) is 42.5 Å². The number of halogens is 3. The van der Waals surface area contributed by atoms with Gasteiger partial charge in [0.25, 0.3) is 0 Å². The fraction of sp³-hybridized carbons (Fsp3) is 0.133. The minimum atomic E-state index is -4.48. The number of nitrogens with zero attached hydrogens (tertiary/aromatic N) is 1. The normalized spacial score (nSPS) is 13.8. The molecule has 6 heteroatoms. The molecule has 3 nitrogen and oxygen atoms in total. The van der Waals surface area contributed by atoms with Gasteiger partial charge in [-0.05, 0) is 24.3 Å². The number of benzene rings is 2. The third-order valence-electron chi connectivity index (χ3n) is 3.29. The lowest BCUT2D eigenvalue weighted by atomic mass is 10.1. The van der Waals surface area contributed by atoms with Gasteiger partial charge in [0.05, 0.1) is 16.9 Å². The maximum atomic E-state index is 12.8. The highest BCUT2D eigenvalue weighted by molar-refractivity contribution is 5.90. The summed E-state index contributed by atoms with van der Waals surface area (Å²) in [4.78, 5) is 12.6. The third kappa shape index (κ3) is 2.33. The lowest BCUT2D eigenvalue weighted by molar-refractivity contribution is -0.137. The Morgan fingerprint density at radius 3 is 2.57 bits per heavy atom. The summed E-state index contributed by atoms with van der Waals surface area (Å²) in [5.41, 5.74) is 0.515. The molecule has 0 atom stereocenters. The highest BCUT2D eigenvalue weighted by Crippen LogP contribution is 2.41. The average molecular weight is 293 g/mol. The van der Waals surface area contributed by atoms with E-state index in [0.717, 1.165) is 17.7 Å². The summed E-state index contributed by atoms with van der Waals surface area (Å²) in [5, 5.41) is 0. The molecule has 1 aliphatic heterocycles. The number of ether oxygens (including phenoxy) is 1. The standard InChI is InChI=1S/C15H10F3NO2/c16-15(17,18)11-5-6-14-13(7-11)19(9-20)12-4-2-1-3-10(12)8-21-14/h1-7,9H,8H2. The monoisotopic (exact) mass is 293 g/mol. The Bertz CT molecular complexity index is 698. The van der Waals surface area contributed by atoms with Crippen molar-refractivity contribution in [2.75, 3.05) is 4.90 Å². The molecule has 1 aliphatic rings.